The van der Waals surface area contributed by atoms with Crippen LogP contribution >= 0.6 is 11.3 Å². The molecule has 0 unspecified atom stereocenters. The average molecular weight is 324 g/mol. The smallest absolute Gasteiger partial charge is 0.127 e. The molecule has 0 atom stereocenters. The van der Waals surface area contributed by atoms with E-state index in [0.717, 1.165) is 34.3 Å². The highest BCUT2D eigenvalue weighted by Crippen LogP contribution is 2.33. The lowest BCUT2D eigenvalue weighted by Crippen LogP contribution is -2.12. The molecule has 0 aliphatic carbocycles. The lowest BCUT2D eigenvalue weighted by Gasteiger charge is -2.07. The fraction of sp³-hybridized carbons (Fsp3) is 0.211. The van der Waals surface area contributed by atoms with Crippen molar-refractivity contribution in [3.05, 3.63) is 71.4 Å². The molecule has 0 aliphatic rings. The summed E-state index contributed by atoms with van der Waals surface area (Å²) in [6.45, 7) is 4.30. The van der Waals surface area contributed by atoms with Crippen LogP contribution in [0.25, 0.3) is 10.4 Å². The normalized spacial score (nSPS) is 10.7. The van der Waals surface area contributed by atoms with Gasteiger partial charge in [-0.2, -0.15) is 0 Å². The molecule has 0 amide bonds. The number of hydrogen-bond donors (Lipinski definition) is 1. The third-order valence-corrected chi connectivity index (χ3v) is 4.48. The minimum Gasteiger partial charge on any atom is -0.493 e. The first-order chi connectivity index (χ1) is 11.4. The number of hydrogen-bond acceptors (Lipinski definition) is 4. The van der Waals surface area contributed by atoms with Crippen molar-refractivity contribution in [1.82, 2.24) is 10.3 Å². The second-order valence-corrected chi connectivity index (χ2v) is 6.25. The van der Waals surface area contributed by atoms with Gasteiger partial charge in [-0.25, -0.2) is 4.98 Å². The number of thiazole rings is 1. The van der Waals surface area contributed by atoms with Crippen LogP contribution in [-0.2, 0) is 13.1 Å². The molecule has 0 saturated carbocycles. The van der Waals surface area contributed by atoms with Crippen molar-refractivity contribution >= 4 is 11.3 Å². The fourth-order valence-electron chi connectivity index (χ4n) is 2.38. The van der Waals surface area contributed by atoms with E-state index in [9.17, 15) is 0 Å². The SMILES string of the molecule is CCOc1ccccc1-c1cnc(CNCc2ccccc2)s1. The topological polar surface area (TPSA) is 34.1 Å². The maximum absolute atomic E-state index is 5.70. The molecule has 0 bridgehead atoms. The van der Waals surface area contributed by atoms with Crippen LogP contribution in [0.4, 0.5) is 0 Å². The van der Waals surface area contributed by atoms with E-state index >= 15 is 0 Å². The molecular formula is C19H20N2OS. The number of para-hydroxylation sites is 1. The van der Waals surface area contributed by atoms with Gasteiger partial charge in [0.2, 0.25) is 0 Å². The second kappa shape index (κ2) is 7.90. The van der Waals surface area contributed by atoms with Crippen molar-refractivity contribution in [3.63, 3.8) is 0 Å². The first-order valence-electron chi connectivity index (χ1n) is 7.78. The standard InChI is InChI=1S/C19H20N2OS/c1-2-22-17-11-7-6-10-16(17)18-13-21-19(23-18)14-20-12-15-8-4-3-5-9-15/h3-11,13,20H,2,12,14H2,1H3. The predicted molar refractivity (Wildman–Crippen MR) is 95.7 cm³/mol. The lowest BCUT2D eigenvalue weighted by molar-refractivity contribution is 0.341. The minimum atomic E-state index is 0.668. The van der Waals surface area contributed by atoms with Crippen LogP contribution in [0.5, 0.6) is 5.75 Å². The third kappa shape index (κ3) is 4.18. The Morgan fingerprint density at radius 1 is 1.00 bits per heavy atom. The zero-order valence-electron chi connectivity index (χ0n) is 13.2. The van der Waals surface area contributed by atoms with E-state index in [-0.39, 0.29) is 0 Å². The molecule has 0 saturated heterocycles. The molecule has 1 aromatic heterocycles. The third-order valence-electron chi connectivity index (χ3n) is 3.45. The number of rotatable bonds is 7. The molecule has 0 spiro atoms. The van der Waals surface area contributed by atoms with Gasteiger partial charge in [0.15, 0.2) is 0 Å². The van der Waals surface area contributed by atoms with Crippen molar-refractivity contribution < 1.29 is 4.74 Å². The van der Waals surface area contributed by atoms with Crippen molar-refractivity contribution in [2.45, 2.75) is 20.0 Å². The summed E-state index contributed by atoms with van der Waals surface area (Å²) in [6, 6.07) is 18.5. The average Bonchev–Trinajstić information content (AvgIpc) is 3.05. The Hall–Kier alpha value is -2.17. The van der Waals surface area contributed by atoms with Gasteiger partial charge >= 0.3 is 0 Å². The summed E-state index contributed by atoms with van der Waals surface area (Å²) in [5, 5.41) is 4.52. The van der Waals surface area contributed by atoms with Crippen LogP contribution in [0.3, 0.4) is 0 Å². The molecule has 3 aromatic rings. The molecule has 118 valence electrons. The van der Waals surface area contributed by atoms with Gasteiger partial charge in [-0.15, -0.1) is 11.3 Å². The molecule has 1 N–H and O–H groups in total. The molecule has 3 rings (SSSR count). The van der Waals surface area contributed by atoms with Gasteiger partial charge in [-0.1, -0.05) is 42.5 Å². The number of nitrogens with zero attached hydrogens (tertiary/aromatic N) is 1. The van der Waals surface area contributed by atoms with Crippen molar-refractivity contribution in [2.24, 2.45) is 0 Å². The van der Waals surface area contributed by atoms with Crippen LogP contribution in [0.15, 0.2) is 60.8 Å². The first-order valence-corrected chi connectivity index (χ1v) is 8.60. The summed E-state index contributed by atoms with van der Waals surface area (Å²) in [4.78, 5) is 5.67. The Labute approximate surface area is 141 Å². The fourth-order valence-corrected chi connectivity index (χ4v) is 3.30. The van der Waals surface area contributed by atoms with Gasteiger partial charge in [0, 0.05) is 24.8 Å². The van der Waals surface area contributed by atoms with E-state index in [1.54, 1.807) is 11.3 Å². The van der Waals surface area contributed by atoms with E-state index in [0.29, 0.717) is 6.61 Å². The Morgan fingerprint density at radius 3 is 2.61 bits per heavy atom. The summed E-state index contributed by atoms with van der Waals surface area (Å²) in [5.41, 5.74) is 2.40. The van der Waals surface area contributed by atoms with Gasteiger partial charge in [0.1, 0.15) is 10.8 Å². The van der Waals surface area contributed by atoms with Gasteiger partial charge in [0.05, 0.1) is 11.5 Å². The van der Waals surface area contributed by atoms with Gasteiger partial charge in [0.25, 0.3) is 0 Å². The highest BCUT2D eigenvalue weighted by atomic mass is 32.1. The van der Waals surface area contributed by atoms with Gasteiger partial charge in [-0.3, -0.25) is 0 Å². The minimum absolute atomic E-state index is 0.668. The largest absolute Gasteiger partial charge is 0.493 e. The number of aromatic nitrogens is 1. The Bertz CT molecular complexity index is 740. The molecule has 4 heteroatoms. The van der Waals surface area contributed by atoms with Crippen LogP contribution in [-0.4, -0.2) is 11.6 Å². The Kier molecular flexibility index (Phi) is 5.40. The van der Waals surface area contributed by atoms with Crippen molar-refractivity contribution in [2.75, 3.05) is 6.61 Å². The van der Waals surface area contributed by atoms with E-state index in [4.69, 9.17) is 4.74 Å². The zero-order valence-corrected chi connectivity index (χ0v) is 14.0. The monoisotopic (exact) mass is 324 g/mol. The Morgan fingerprint density at radius 2 is 1.78 bits per heavy atom. The maximum Gasteiger partial charge on any atom is 0.127 e. The van der Waals surface area contributed by atoms with Crippen LogP contribution in [0.1, 0.15) is 17.5 Å². The van der Waals surface area contributed by atoms with Crippen LogP contribution in [0.2, 0.25) is 0 Å². The second-order valence-electron chi connectivity index (χ2n) is 5.14. The quantitative estimate of drug-likeness (QED) is 0.695. The lowest BCUT2D eigenvalue weighted by atomic mass is 10.2. The zero-order chi connectivity index (χ0) is 15.9. The van der Waals surface area contributed by atoms with E-state index in [1.165, 1.54) is 5.56 Å². The van der Waals surface area contributed by atoms with Crippen molar-refractivity contribution in [3.8, 4) is 16.2 Å². The summed E-state index contributed by atoms with van der Waals surface area (Å²) in [7, 11) is 0. The molecule has 2 aromatic carbocycles. The molecule has 23 heavy (non-hydrogen) atoms. The predicted octanol–water partition coefficient (Wildman–Crippen LogP) is 4.50. The maximum atomic E-state index is 5.70. The summed E-state index contributed by atoms with van der Waals surface area (Å²) in [6.07, 6.45) is 1.93. The summed E-state index contributed by atoms with van der Waals surface area (Å²) < 4.78 is 5.70. The highest BCUT2D eigenvalue weighted by Gasteiger charge is 2.09. The van der Waals surface area contributed by atoms with Crippen LogP contribution < -0.4 is 10.1 Å². The first kappa shape index (κ1) is 15.7. The number of nitrogens with one attached hydrogen (secondary N) is 1. The molecule has 0 aliphatic heterocycles. The van der Waals surface area contributed by atoms with Crippen molar-refractivity contribution in [1.29, 1.82) is 0 Å². The van der Waals surface area contributed by atoms with E-state index in [1.807, 2.05) is 37.4 Å². The van der Waals surface area contributed by atoms with Gasteiger partial charge in [-0.05, 0) is 24.6 Å². The van der Waals surface area contributed by atoms with Crippen LogP contribution in [0, 0.1) is 0 Å². The molecule has 0 fully saturated rings. The number of benzene rings is 2. The molecule has 0 radical (unpaired) electrons. The van der Waals surface area contributed by atoms with E-state index < -0.39 is 0 Å². The van der Waals surface area contributed by atoms with Gasteiger partial charge < -0.3 is 10.1 Å². The highest BCUT2D eigenvalue weighted by molar-refractivity contribution is 7.15. The number of ether oxygens (including phenoxy) is 1. The summed E-state index contributed by atoms with van der Waals surface area (Å²) in [5.74, 6) is 0.919. The molecular weight excluding hydrogens is 304 g/mol. The summed E-state index contributed by atoms with van der Waals surface area (Å²) >= 11 is 1.71. The van der Waals surface area contributed by atoms with E-state index in [2.05, 4.69) is 40.6 Å². The molecule has 1 heterocycles. The Balaban J connectivity index is 1.64. The molecule has 3 nitrogen and oxygen atoms in total.